The predicted octanol–water partition coefficient (Wildman–Crippen LogP) is 3.42. The highest BCUT2D eigenvalue weighted by Gasteiger charge is 2.36. The lowest BCUT2D eigenvalue weighted by Crippen LogP contribution is -2.48. The fourth-order valence-electron chi connectivity index (χ4n) is 4.79. The first-order valence-corrected chi connectivity index (χ1v) is 13.8. The van der Waals surface area contributed by atoms with Crippen LogP contribution in [0.3, 0.4) is 0 Å². The van der Waals surface area contributed by atoms with Crippen molar-refractivity contribution in [2.75, 3.05) is 10.8 Å². The molecule has 5 rings (SSSR count). The number of rotatable bonds is 10. The number of aromatic nitrogens is 4. The van der Waals surface area contributed by atoms with Gasteiger partial charge in [-0.25, -0.2) is 22.7 Å². The van der Waals surface area contributed by atoms with Crippen LogP contribution in [0.5, 0.6) is 0 Å². The highest BCUT2D eigenvalue weighted by molar-refractivity contribution is 7.93. The van der Waals surface area contributed by atoms with Crippen molar-refractivity contribution in [2.45, 2.75) is 50.1 Å². The van der Waals surface area contributed by atoms with Crippen LogP contribution in [0.2, 0.25) is 0 Å². The van der Waals surface area contributed by atoms with Gasteiger partial charge in [-0.2, -0.15) is 0 Å². The highest BCUT2D eigenvalue weighted by atomic mass is 32.2. The van der Waals surface area contributed by atoms with Gasteiger partial charge in [0.25, 0.3) is 10.0 Å². The Kier molecular flexibility index (Phi) is 7.26. The van der Waals surface area contributed by atoms with Gasteiger partial charge in [0.15, 0.2) is 0 Å². The molecule has 4 N–H and O–H groups in total. The van der Waals surface area contributed by atoms with E-state index in [4.69, 9.17) is 5.73 Å². The lowest BCUT2D eigenvalue weighted by molar-refractivity contribution is 0.411. The maximum atomic E-state index is 14.3. The van der Waals surface area contributed by atoms with Crippen LogP contribution in [0.15, 0.2) is 67.0 Å². The van der Waals surface area contributed by atoms with E-state index in [2.05, 4.69) is 31.3 Å². The summed E-state index contributed by atoms with van der Waals surface area (Å²) in [5.41, 5.74) is 9.54. The van der Waals surface area contributed by atoms with E-state index in [0.29, 0.717) is 31.0 Å². The summed E-state index contributed by atoms with van der Waals surface area (Å²) in [4.78, 5) is 16.8. The number of imidazole rings is 1. The van der Waals surface area contributed by atoms with Crippen LogP contribution in [0.1, 0.15) is 48.8 Å². The molecule has 3 heterocycles. The second kappa shape index (κ2) is 10.7. The predicted molar refractivity (Wildman–Crippen MR) is 141 cm³/mol. The molecule has 36 heavy (non-hydrogen) atoms. The number of hydrogen-bond acceptors (Lipinski definition) is 7. The molecule has 0 amide bonds. The summed E-state index contributed by atoms with van der Waals surface area (Å²) in [6, 6.07) is 16.8. The number of nitrogens with one attached hydrogen (secondary N) is 2. The zero-order valence-corrected chi connectivity index (χ0v) is 20.9. The van der Waals surface area contributed by atoms with Gasteiger partial charge in [-0.3, -0.25) is 10.3 Å². The quantitative estimate of drug-likeness (QED) is 0.301. The topological polar surface area (TPSA) is 130 Å². The third-order valence-corrected chi connectivity index (χ3v) is 8.58. The van der Waals surface area contributed by atoms with Gasteiger partial charge in [0.05, 0.1) is 29.3 Å². The number of para-hydroxylation sites is 2. The lowest BCUT2D eigenvalue weighted by atomic mass is 9.92. The normalized spacial score (nSPS) is 16.5. The molecule has 1 aromatic carbocycles. The second-order valence-corrected chi connectivity index (χ2v) is 11.1. The Labute approximate surface area is 211 Å². The van der Waals surface area contributed by atoms with Crippen LogP contribution in [-0.2, 0) is 23.0 Å². The molecule has 0 spiro atoms. The average molecular weight is 506 g/mol. The zero-order valence-electron chi connectivity index (χ0n) is 20.0. The number of anilines is 1. The van der Waals surface area contributed by atoms with E-state index in [1.54, 1.807) is 30.6 Å². The summed E-state index contributed by atoms with van der Waals surface area (Å²) in [5.74, 6) is 0.896. The number of pyridine rings is 2. The van der Waals surface area contributed by atoms with E-state index in [1.807, 2.05) is 30.3 Å². The zero-order chi connectivity index (χ0) is 25.0. The van der Waals surface area contributed by atoms with Gasteiger partial charge in [-0.05, 0) is 74.5 Å². The molecule has 2 atom stereocenters. The van der Waals surface area contributed by atoms with Crippen LogP contribution < -0.4 is 15.4 Å². The fraction of sp³-hybridized carbons (Fsp3) is 0.346. The van der Waals surface area contributed by atoms with Crippen molar-refractivity contribution in [2.24, 2.45) is 5.73 Å². The van der Waals surface area contributed by atoms with Crippen molar-refractivity contribution in [1.82, 2.24) is 25.3 Å². The summed E-state index contributed by atoms with van der Waals surface area (Å²) in [6.45, 7) is 0.439. The second-order valence-electron chi connectivity index (χ2n) is 9.02. The molecule has 1 aliphatic carbocycles. The molecular weight excluding hydrogens is 474 g/mol. The Hall–Kier alpha value is -3.34. The van der Waals surface area contributed by atoms with E-state index in [9.17, 15) is 8.42 Å². The number of H-pyrrole nitrogens is 1. The minimum absolute atomic E-state index is 0.0360. The minimum Gasteiger partial charge on any atom is -0.340 e. The Morgan fingerprint density at radius 3 is 2.72 bits per heavy atom. The maximum Gasteiger partial charge on any atom is 0.252 e. The molecule has 0 bridgehead atoms. The fourth-order valence-corrected chi connectivity index (χ4v) is 6.57. The summed E-state index contributed by atoms with van der Waals surface area (Å²) in [5, 5.41) is 2.59. The Balaban J connectivity index is 1.50. The minimum atomic E-state index is -3.91. The molecule has 4 aromatic rings. The molecule has 0 aliphatic heterocycles. The third-order valence-electron chi connectivity index (χ3n) is 6.56. The van der Waals surface area contributed by atoms with Crippen LogP contribution in [0.25, 0.3) is 11.0 Å². The van der Waals surface area contributed by atoms with E-state index >= 15 is 0 Å². The monoisotopic (exact) mass is 505 g/mol. The number of nitrogens with two attached hydrogens (primary N) is 1. The van der Waals surface area contributed by atoms with Crippen LogP contribution in [0.4, 0.5) is 5.82 Å². The molecule has 0 saturated heterocycles. The Morgan fingerprint density at radius 2 is 1.92 bits per heavy atom. The number of aryl methyl sites for hydroxylation is 1. The SMILES string of the molecule is NCCCC(NC1CCCc2cccnc21)S(=O)(=O)N(Cc1nc2ccccc2[nH]1)c1ccccn1. The van der Waals surface area contributed by atoms with Crippen molar-refractivity contribution in [3.05, 3.63) is 84.1 Å². The third kappa shape index (κ3) is 5.11. The molecule has 0 fully saturated rings. The molecule has 188 valence electrons. The van der Waals surface area contributed by atoms with Crippen molar-refractivity contribution < 1.29 is 8.42 Å². The maximum absolute atomic E-state index is 14.3. The van der Waals surface area contributed by atoms with Gasteiger partial charge in [-0.15, -0.1) is 0 Å². The van der Waals surface area contributed by atoms with E-state index in [1.165, 1.54) is 9.87 Å². The molecule has 3 aromatic heterocycles. The molecule has 0 radical (unpaired) electrons. The smallest absolute Gasteiger partial charge is 0.252 e. The summed E-state index contributed by atoms with van der Waals surface area (Å²) >= 11 is 0. The largest absolute Gasteiger partial charge is 0.340 e. The van der Waals surface area contributed by atoms with Crippen molar-refractivity contribution >= 4 is 26.9 Å². The van der Waals surface area contributed by atoms with E-state index in [-0.39, 0.29) is 12.6 Å². The van der Waals surface area contributed by atoms with Crippen LogP contribution in [0, 0.1) is 0 Å². The number of nitrogens with zero attached hydrogens (tertiary/aromatic N) is 4. The molecule has 10 heteroatoms. The first-order chi connectivity index (χ1) is 17.6. The highest BCUT2D eigenvalue weighted by Crippen LogP contribution is 2.30. The van der Waals surface area contributed by atoms with Gasteiger partial charge < -0.3 is 10.7 Å². The van der Waals surface area contributed by atoms with Crippen molar-refractivity contribution in [1.29, 1.82) is 0 Å². The lowest BCUT2D eigenvalue weighted by Gasteiger charge is -2.33. The molecule has 1 aliphatic rings. The van der Waals surface area contributed by atoms with Crippen molar-refractivity contribution in [3.63, 3.8) is 0 Å². The van der Waals surface area contributed by atoms with Crippen LogP contribution >= 0.6 is 0 Å². The molecular formula is C26H31N7O2S. The number of hydrogen-bond donors (Lipinski definition) is 3. The van der Waals surface area contributed by atoms with E-state index in [0.717, 1.165) is 36.0 Å². The number of fused-ring (bicyclic) bond motifs is 2. The van der Waals surface area contributed by atoms with Gasteiger partial charge in [0.1, 0.15) is 17.0 Å². The summed E-state index contributed by atoms with van der Waals surface area (Å²) in [7, 11) is -3.91. The van der Waals surface area contributed by atoms with E-state index < -0.39 is 15.4 Å². The molecule has 0 saturated carbocycles. The summed E-state index contributed by atoms with van der Waals surface area (Å²) in [6.07, 6.45) is 7.06. The number of aromatic amines is 1. The van der Waals surface area contributed by atoms with Crippen LogP contribution in [-0.4, -0.2) is 40.3 Å². The Bertz CT molecular complexity index is 1380. The average Bonchev–Trinajstić information content (AvgIpc) is 3.33. The van der Waals surface area contributed by atoms with Gasteiger partial charge >= 0.3 is 0 Å². The van der Waals surface area contributed by atoms with Gasteiger partial charge in [-0.1, -0.05) is 24.3 Å². The molecule has 2 unspecified atom stereocenters. The number of sulfonamides is 1. The first-order valence-electron chi connectivity index (χ1n) is 12.3. The Morgan fingerprint density at radius 1 is 1.08 bits per heavy atom. The number of benzene rings is 1. The standard InChI is InChI=1S/C26H31N7O2S/c27-15-6-14-25(32-22-12-5-8-19-9-7-17-29-26(19)22)36(34,35)33(24-13-3-4-16-28-24)18-23-30-20-10-1-2-11-21(20)31-23/h1-4,7,9-11,13,16-17,22,25,32H,5-6,8,12,14-15,18,27H2,(H,30,31). The molecule has 9 nitrogen and oxygen atoms in total. The van der Waals surface area contributed by atoms with Gasteiger partial charge in [0.2, 0.25) is 0 Å². The summed E-state index contributed by atoms with van der Waals surface area (Å²) < 4.78 is 29.9. The van der Waals surface area contributed by atoms with Gasteiger partial charge in [0, 0.05) is 12.4 Å². The van der Waals surface area contributed by atoms with Crippen molar-refractivity contribution in [3.8, 4) is 0 Å². The first kappa shape index (κ1) is 24.4.